The largest absolute Gasteiger partial charge is 0.493 e. The van der Waals surface area contributed by atoms with E-state index in [1.165, 1.54) is 5.56 Å². The number of carbonyl (C=O) groups is 1. The maximum atomic E-state index is 11.4. The second-order valence-electron chi connectivity index (χ2n) is 4.52. The number of rotatable bonds is 6. The minimum Gasteiger partial charge on any atom is -0.493 e. The van der Waals surface area contributed by atoms with Crippen LogP contribution in [0.15, 0.2) is 18.2 Å². The molecule has 4 nitrogen and oxygen atoms in total. The Kier molecular flexibility index (Phi) is 5.65. The summed E-state index contributed by atoms with van der Waals surface area (Å²) in [5.74, 6) is 0.699. The van der Waals surface area contributed by atoms with E-state index in [0.717, 1.165) is 11.3 Å². The third-order valence-electron chi connectivity index (χ3n) is 2.51. The molecular formula is C14H21NO3. The van der Waals surface area contributed by atoms with Crippen molar-refractivity contribution < 1.29 is 14.6 Å². The maximum absolute atomic E-state index is 11.4. The molecule has 1 aromatic rings. The van der Waals surface area contributed by atoms with Crippen LogP contribution in [0.2, 0.25) is 0 Å². The van der Waals surface area contributed by atoms with Gasteiger partial charge in [0.15, 0.2) is 0 Å². The summed E-state index contributed by atoms with van der Waals surface area (Å²) in [6.07, 6.45) is -0.228. The van der Waals surface area contributed by atoms with Gasteiger partial charge in [0, 0.05) is 6.54 Å². The topological polar surface area (TPSA) is 58.6 Å². The highest BCUT2D eigenvalue weighted by molar-refractivity contribution is 5.76. The Bertz CT molecular complexity index is 402. The second-order valence-corrected chi connectivity index (χ2v) is 4.52. The lowest BCUT2D eigenvalue weighted by molar-refractivity contribution is -0.122. The second kappa shape index (κ2) is 7.01. The molecule has 0 radical (unpaired) electrons. The Hall–Kier alpha value is -1.55. The Labute approximate surface area is 108 Å². The number of nitrogens with one attached hydrogen (secondary N) is 1. The lowest BCUT2D eigenvalue weighted by atomic mass is 10.1. The molecule has 1 rings (SSSR count). The zero-order valence-corrected chi connectivity index (χ0v) is 11.2. The van der Waals surface area contributed by atoms with Gasteiger partial charge in [0.25, 0.3) is 0 Å². The van der Waals surface area contributed by atoms with Gasteiger partial charge in [0.2, 0.25) is 5.91 Å². The van der Waals surface area contributed by atoms with Crippen molar-refractivity contribution >= 4 is 5.91 Å². The van der Waals surface area contributed by atoms with Crippen molar-refractivity contribution in [1.29, 1.82) is 0 Å². The van der Waals surface area contributed by atoms with Gasteiger partial charge >= 0.3 is 0 Å². The third kappa shape index (κ3) is 5.19. The van der Waals surface area contributed by atoms with Gasteiger partial charge < -0.3 is 15.2 Å². The van der Waals surface area contributed by atoms with Crippen LogP contribution in [-0.4, -0.2) is 30.3 Å². The van der Waals surface area contributed by atoms with Gasteiger partial charge in [-0.05, 0) is 32.4 Å². The average molecular weight is 251 g/mol. The van der Waals surface area contributed by atoms with E-state index < -0.39 is 6.10 Å². The van der Waals surface area contributed by atoms with E-state index >= 15 is 0 Å². The number of ether oxygens (including phenoxy) is 1. The molecule has 0 saturated heterocycles. The SMILES string of the molecule is Cc1ccc(OCCC(=O)NC[C@@H](C)O)c(C)c1. The predicted molar refractivity (Wildman–Crippen MR) is 70.7 cm³/mol. The van der Waals surface area contributed by atoms with E-state index in [2.05, 4.69) is 5.32 Å². The fourth-order valence-electron chi connectivity index (χ4n) is 1.56. The maximum Gasteiger partial charge on any atom is 0.223 e. The molecule has 1 aromatic carbocycles. The summed E-state index contributed by atoms with van der Waals surface area (Å²) in [6.45, 7) is 6.26. The monoisotopic (exact) mass is 251 g/mol. The molecule has 2 N–H and O–H groups in total. The van der Waals surface area contributed by atoms with Crippen molar-refractivity contribution in [3.63, 3.8) is 0 Å². The summed E-state index contributed by atoms with van der Waals surface area (Å²) in [4.78, 5) is 11.4. The van der Waals surface area contributed by atoms with Gasteiger partial charge in [-0.2, -0.15) is 0 Å². The lowest BCUT2D eigenvalue weighted by Crippen LogP contribution is -2.31. The van der Waals surface area contributed by atoms with Crippen LogP contribution in [0.1, 0.15) is 24.5 Å². The van der Waals surface area contributed by atoms with Gasteiger partial charge in [0.05, 0.1) is 19.1 Å². The first kappa shape index (κ1) is 14.5. The van der Waals surface area contributed by atoms with Crippen molar-refractivity contribution in [1.82, 2.24) is 5.32 Å². The molecule has 0 heterocycles. The van der Waals surface area contributed by atoms with Crippen LogP contribution < -0.4 is 10.1 Å². The number of benzene rings is 1. The molecule has 0 fully saturated rings. The number of hydrogen-bond donors (Lipinski definition) is 2. The summed E-state index contributed by atoms with van der Waals surface area (Å²) < 4.78 is 5.55. The molecule has 18 heavy (non-hydrogen) atoms. The lowest BCUT2D eigenvalue weighted by Gasteiger charge is -2.10. The normalized spacial score (nSPS) is 12.0. The zero-order valence-electron chi connectivity index (χ0n) is 11.2. The standard InChI is InChI=1S/C14H21NO3/c1-10-4-5-13(11(2)8-10)18-7-6-14(17)15-9-12(3)16/h4-5,8,12,16H,6-7,9H2,1-3H3,(H,15,17)/t12-/m1/s1. The first-order valence-corrected chi connectivity index (χ1v) is 6.14. The summed E-state index contributed by atoms with van der Waals surface area (Å²) in [6, 6.07) is 5.94. The molecule has 1 atom stereocenters. The number of hydrogen-bond acceptors (Lipinski definition) is 3. The Balaban J connectivity index is 2.31. The summed E-state index contributed by atoms with van der Waals surface area (Å²) >= 11 is 0. The molecule has 0 aliphatic rings. The van der Waals surface area contributed by atoms with Crippen LogP contribution in [0.5, 0.6) is 5.75 Å². The van der Waals surface area contributed by atoms with Crippen LogP contribution in [0.4, 0.5) is 0 Å². The van der Waals surface area contributed by atoms with Gasteiger partial charge in [-0.25, -0.2) is 0 Å². The summed E-state index contributed by atoms with van der Waals surface area (Å²) in [7, 11) is 0. The zero-order chi connectivity index (χ0) is 13.5. The predicted octanol–water partition coefficient (Wildman–Crippen LogP) is 1.57. The molecule has 4 heteroatoms. The molecule has 0 aromatic heterocycles. The van der Waals surface area contributed by atoms with E-state index in [1.54, 1.807) is 6.92 Å². The van der Waals surface area contributed by atoms with Crippen LogP contribution in [0, 0.1) is 13.8 Å². The number of aliphatic hydroxyl groups excluding tert-OH is 1. The van der Waals surface area contributed by atoms with Crippen LogP contribution in [0.25, 0.3) is 0 Å². The number of amides is 1. The van der Waals surface area contributed by atoms with Gasteiger partial charge in [0.1, 0.15) is 5.75 Å². The number of aliphatic hydroxyl groups is 1. The van der Waals surface area contributed by atoms with E-state index in [-0.39, 0.29) is 12.5 Å². The molecule has 1 amide bonds. The van der Waals surface area contributed by atoms with Crippen LogP contribution in [0.3, 0.4) is 0 Å². The highest BCUT2D eigenvalue weighted by Crippen LogP contribution is 2.18. The number of carbonyl (C=O) groups excluding carboxylic acids is 1. The van der Waals surface area contributed by atoms with Gasteiger partial charge in [-0.3, -0.25) is 4.79 Å². The minimum atomic E-state index is -0.519. The Morgan fingerprint density at radius 2 is 2.17 bits per heavy atom. The van der Waals surface area contributed by atoms with Gasteiger partial charge in [-0.1, -0.05) is 17.7 Å². The minimum absolute atomic E-state index is 0.110. The molecule has 0 spiro atoms. The van der Waals surface area contributed by atoms with E-state index in [4.69, 9.17) is 9.84 Å². The fourth-order valence-corrected chi connectivity index (χ4v) is 1.56. The Morgan fingerprint density at radius 1 is 1.44 bits per heavy atom. The summed E-state index contributed by atoms with van der Waals surface area (Å²) in [5.41, 5.74) is 2.26. The summed E-state index contributed by atoms with van der Waals surface area (Å²) in [5, 5.41) is 11.6. The van der Waals surface area contributed by atoms with E-state index in [0.29, 0.717) is 13.0 Å². The van der Waals surface area contributed by atoms with Gasteiger partial charge in [-0.15, -0.1) is 0 Å². The average Bonchev–Trinajstić information content (AvgIpc) is 2.29. The van der Waals surface area contributed by atoms with Crippen LogP contribution in [-0.2, 0) is 4.79 Å². The van der Waals surface area contributed by atoms with Crippen LogP contribution >= 0.6 is 0 Å². The highest BCUT2D eigenvalue weighted by atomic mass is 16.5. The smallest absolute Gasteiger partial charge is 0.223 e. The van der Waals surface area contributed by atoms with Crippen molar-refractivity contribution in [3.05, 3.63) is 29.3 Å². The van der Waals surface area contributed by atoms with E-state index in [9.17, 15) is 4.79 Å². The third-order valence-corrected chi connectivity index (χ3v) is 2.51. The molecule has 0 aliphatic carbocycles. The molecule has 0 saturated carbocycles. The van der Waals surface area contributed by atoms with Crippen molar-refractivity contribution in [2.24, 2.45) is 0 Å². The molecular weight excluding hydrogens is 230 g/mol. The van der Waals surface area contributed by atoms with Crippen molar-refractivity contribution in [2.75, 3.05) is 13.2 Å². The fraction of sp³-hybridized carbons (Fsp3) is 0.500. The highest BCUT2D eigenvalue weighted by Gasteiger charge is 2.04. The molecule has 0 bridgehead atoms. The first-order chi connectivity index (χ1) is 8.49. The van der Waals surface area contributed by atoms with E-state index in [1.807, 2.05) is 32.0 Å². The van der Waals surface area contributed by atoms with Crippen molar-refractivity contribution in [3.8, 4) is 5.75 Å². The molecule has 100 valence electrons. The quantitative estimate of drug-likeness (QED) is 0.807. The number of aryl methyl sites for hydroxylation is 2. The Morgan fingerprint density at radius 3 is 2.78 bits per heavy atom. The molecule has 0 unspecified atom stereocenters. The van der Waals surface area contributed by atoms with Crippen molar-refractivity contribution in [2.45, 2.75) is 33.3 Å². The first-order valence-electron chi connectivity index (χ1n) is 6.14. The molecule has 0 aliphatic heterocycles.